The van der Waals surface area contributed by atoms with Gasteiger partial charge in [-0.3, -0.25) is 4.90 Å². The van der Waals surface area contributed by atoms with Gasteiger partial charge in [0.25, 0.3) is 0 Å². The number of nitrogens with zero attached hydrogens (tertiary/aromatic N) is 3. The van der Waals surface area contributed by atoms with Crippen LogP contribution in [0.5, 0.6) is 0 Å². The third-order valence-corrected chi connectivity index (χ3v) is 3.14. The summed E-state index contributed by atoms with van der Waals surface area (Å²) in [6, 6.07) is 2.77. The molecule has 1 unspecified atom stereocenters. The Morgan fingerprint density at radius 3 is 2.94 bits per heavy atom. The van der Waals surface area contributed by atoms with E-state index in [1.54, 1.807) is 19.6 Å². The summed E-state index contributed by atoms with van der Waals surface area (Å²) in [7, 11) is 1.73. The molecule has 0 radical (unpaired) electrons. The van der Waals surface area contributed by atoms with Crippen molar-refractivity contribution in [1.29, 1.82) is 0 Å². The Balaban J connectivity index is 2.08. The molecule has 1 aliphatic carbocycles. The van der Waals surface area contributed by atoms with E-state index >= 15 is 0 Å². The highest BCUT2D eigenvalue weighted by atomic mass is 16.5. The summed E-state index contributed by atoms with van der Waals surface area (Å²) in [4.78, 5) is 10.7. The fraction of sp³-hybridized carbons (Fsp3) is 0.667. The van der Waals surface area contributed by atoms with E-state index in [0.717, 1.165) is 18.8 Å². The summed E-state index contributed by atoms with van der Waals surface area (Å²) in [6.07, 6.45) is 5.86. The normalized spacial score (nSPS) is 17.4. The van der Waals surface area contributed by atoms with Gasteiger partial charge in [0.1, 0.15) is 6.33 Å². The number of hydrogen-bond donors (Lipinski definition) is 1. The van der Waals surface area contributed by atoms with Gasteiger partial charge in [-0.15, -0.1) is 0 Å². The molecule has 5 heteroatoms. The second-order valence-electron chi connectivity index (χ2n) is 4.35. The Morgan fingerprint density at radius 2 is 2.41 bits per heavy atom. The zero-order valence-corrected chi connectivity index (χ0v) is 10.2. The van der Waals surface area contributed by atoms with E-state index in [1.165, 1.54) is 12.8 Å². The number of ether oxygens (including phenoxy) is 1. The van der Waals surface area contributed by atoms with E-state index in [2.05, 4.69) is 14.9 Å². The van der Waals surface area contributed by atoms with E-state index in [1.807, 2.05) is 6.07 Å². The third kappa shape index (κ3) is 3.21. The molecule has 1 atom stereocenters. The van der Waals surface area contributed by atoms with Gasteiger partial charge in [-0.25, -0.2) is 9.97 Å². The average Bonchev–Trinajstić information content (AvgIpc) is 3.20. The van der Waals surface area contributed by atoms with Crippen molar-refractivity contribution < 1.29 is 4.74 Å². The Bertz CT molecular complexity index is 329. The van der Waals surface area contributed by atoms with Crippen LogP contribution in [0.1, 0.15) is 24.6 Å². The second-order valence-corrected chi connectivity index (χ2v) is 4.35. The number of hydrogen-bond acceptors (Lipinski definition) is 5. The van der Waals surface area contributed by atoms with E-state index in [-0.39, 0.29) is 6.04 Å². The smallest absolute Gasteiger partial charge is 0.115 e. The number of nitrogens with two attached hydrogens (primary N) is 1. The molecule has 1 aliphatic rings. The van der Waals surface area contributed by atoms with Crippen LogP contribution >= 0.6 is 0 Å². The maximum atomic E-state index is 5.90. The zero-order chi connectivity index (χ0) is 12.1. The lowest BCUT2D eigenvalue weighted by Crippen LogP contribution is -2.38. The predicted molar refractivity (Wildman–Crippen MR) is 65.4 cm³/mol. The minimum absolute atomic E-state index is 0.181. The van der Waals surface area contributed by atoms with Crippen molar-refractivity contribution in [2.24, 2.45) is 5.73 Å². The van der Waals surface area contributed by atoms with E-state index in [0.29, 0.717) is 12.6 Å². The van der Waals surface area contributed by atoms with Gasteiger partial charge in [0.2, 0.25) is 0 Å². The van der Waals surface area contributed by atoms with Gasteiger partial charge in [0.05, 0.1) is 18.3 Å². The molecule has 1 aromatic heterocycles. The van der Waals surface area contributed by atoms with Crippen molar-refractivity contribution in [3.05, 3.63) is 24.3 Å². The van der Waals surface area contributed by atoms with Crippen molar-refractivity contribution >= 4 is 0 Å². The first-order chi connectivity index (χ1) is 8.36. The molecule has 94 valence electrons. The van der Waals surface area contributed by atoms with E-state index in [4.69, 9.17) is 10.5 Å². The van der Waals surface area contributed by atoms with Crippen LogP contribution in [0.2, 0.25) is 0 Å². The van der Waals surface area contributed by atoms with Gasteiger partial charge in [0, 0.05) is 32.4 Å². The number of methoxy groups -OCH3 is 1. The van der Waals surface area contributed by atoms with E-state index in [9.17, 15) is 0 Å². The summed E-state index contributed by atoms with van der Waals surface area (Å²) in [6.45, 7) is 2.22. The van der Waals surface area contributed by atoms with Crippen LogP contribution in [0.4, 0.5) is 0 Å². The molecule has 1 fully saturated rings. The predicted octanol–water partition coefficient (Wildman–Crippen LogP) is 0.587. The first-order valence-corrected chi connectivity index (χ1v) is 6.07. The average molecular weight is 236 g/mol. The SMILES string of the molecule is COCCN(C1CC1)C(CN)c1ccncn1. The summed E-state index contributed by atoms with van der Waals surface area (Å²) < 4.78 is 5.17. The van der Waals surface area contributed by atoms with Gasteiger partial charge in [-0.2, -0.15) is 0 Å². The third-order valence-electron chi connectivity index (χ3n) is 3.14. The van der Waals surface area contributed by atoms with Crippen molar-refractivity contribution in [1.82, 2.24) is 14.9 Å². The van der Waals surface area contributed by atoms with Crippen molar-refractivity contribution in [2.75, 3.05) is 26.8 Å². The highest BCUT2D eigenvalue weighted by Crippen LogP contribution is 2.32. The standard InChI is InChI=1S/C12H20N4O/c1-17-7-6-16(10-2-3-10)12(8-13)11-4-5-14-9-15-11/h4-5,9-10,12H,2-3,6-8,13H2,1H3. The minimum Gasteiger partial charge on any atom is -0.383 e. The molecule has 0 aliphatic heterocycles. The monoisotopic (exact) mass is 236 g/mol. The molecule has 0 bridgehead atoms. The quantitative estimate of drug-likeness (QED) is 0.750. The summed E-state index contributed by atoms with van der Waals surface area (Å²) in [5, 5.41) is 0. The fourth-order valence-electron chi connectivity index (χ4n) is 2.12. The lowest BCUT2D eigenvalue weighted by atomic mass is 10.1. The summed E-state index contributed by atoms with van der Waals surface area (Å²) in [5.74, 6) is 0. The largest absolute Gasteiger partial charge is 0.383 e. The van der Waals surface area contributed by atoms with Crippen LogP contribution in [0, 0.1) is 0 Å². The first kappa shape index (κ1) is 12.4. The second kappa shape index (κ2) is 6.05. The molecule has 1 aromatic rings. The fourth-order valence-corrected chi connectivity index (χ4v) is 2.12. The number of rotatable bonds is 7. The van der Waals surface area contributed by atoms with Gasteiger partial charge in [-0.05, 0) is 18.9 Å². The first-order valence-electron chi connectivity index (χ1n) is 6.07. The van der Waals surface area contributed by atoms with Crippen LogP contribution in [0.3, 0.4) is 0 Å². The molecule has 0 aromatic carbocycles. The van der Waals surface area contributed by atoms with Crippen molar-refractivity contribution in [3.63, 3.8) is 0 Å². The number of aromatic nitrogens is 2. The maximum Gasteiger partial charge on any atom is 0.115 e. The molecule has 0 spiro atoms. The van der Waals surface area contributed by atoms with Crippen LogP contribution in [-0.4, -0.2) is 47.7 Å². The Kier molecular flexibility index (Phi) is 4.42. The minimum atomic E-state index is 0.181. The topological polar surface area (TPSA) is 64.3 Å². The maximum absolute atomic E-state index is 5.90. The van der Waals surface area contributed by atoms with Gasteiger partial charge in [-0.1, -0.05) is 0 Å². The molecule has 2 rings (SSSR count). The Morgan fingerprint density at radius 1 is 1.59 bits per heavy atom. The van der Waals surface area contributed by atoms with Crippen LogP contribution in [-0.2, 0) is 4.74 Å². The molecule has 2 N–H and O–H groups in total. The van der Waals surface area contributed by atoms with E-state index < -0.39 is 0 Å². The van der Waals surface area contributed by atoms with Gasteiger partial charge >= 0.3 is 0 Å². The van der Waals surface area contributed by atoms with Crippen LogP contribution in [0.15, 0.2) is 18.6 Å². The molecule has 17 heavy (non-hydrogen) atoms. The molecule has 0 amide bonds. The molecule has 1 saturated carbocycles. The molecule has 5 nitrogen and oxygen atoms in total. The highest BCUT2D eigenvalue weighted by Gasteiger charge is 2.34. The molecule has 1 heterocycles. The molecule has 0 saturated heterocycles. The summed E-state index contributed by atoms with van der Waals surface area (Å²) >= 11 is 0. The lowest BCUT2D eigenvalue weighted by Gasteiger charge is -2.30. The highest BCUT2D eigenvalue weighted by molar-refractivity contribution is 5.07. The van der Waals surface area contributed by atoms with Crippen LogP contribution in [0.25, 0.3) is 0 Å². The molecular weight excluding hydrogens is 216 g/mol. The Labute approximate surface area is 102 Å². The molecular formula is C12H20N4O. The van der Waals surface area contributed by atoms with Crippen molar-refractivity contribution in [2.45, 2.75) is 24.9 Å². The van der Waals surface area contributed by atoms with Gasteiger partial charge in [0.15, 0.2) is 0 Å². The van der Waals surface area contributed by atoms with Gasteiger partial charge < -0.3 is 10.5 Å². The zero-order valence-electron chi connectivity index (χ0n) is 10.2. The summed E-state index contributed by atoms with van der Waals surface area (Å²) in [5.41, 5.74) is 6.91. The van der Waals surface area contributed by atoms with Crippen molar-refractivity contribution in [3.8, 4) is 0 Å². The lowest BCUT2D eigenvalue weighted by molar-refractivity contribution is 0.114. The van der Waals surface area contributed by atoms with Crippen LogP contribution < -0.4 is 5.73 Å². The Hall–Kier alpha value is -1.04.